The predicted molar refractivity (Wildman–Crippen MR) is 136 cm³/mol. The molecule has 36 heavy (non-hydrogen) atoms. The third-order valence-electron chi connectivity index (χ3n) is 6.46. The van der Waals surface area contributed by atoms with Gasteiger partial charge in [0.2, 0.25) is 5.91 Å². The third kappa shape index (κ3) is 7.02. The first-order chi connectivity index (χ1) is 17.2. The van der Waals surface area contributed by atoms with Crippen LogP contribution in [0.3, 0.4) is 0 Å². The van der Waals surface area contributed by atoms with Gasteiger partial charge < -0.3 is 24.4 Å². The maximum atomic E-state index is 14.5. The molecule has 0 bridgehead atoms. The summed E-state index contributed by atoms with van der Waals surface area (Å²) in [5.74, 6) is -0.335. The van der Waals surface area contributed by atoms with Crippen molar-refractivity contribution in [3.05, 3.63) is 59.4 Å². The highest BCUT2D eigenvalue weighted by atomic mass is 19.1. The summed E-state index contributed by atoms with van der Waals surface area (Å²) in [7, 11) is 4.79. The van der Waals surface area contributed by atoms with E-state index in [0.29, 0.717) is 42.2 Å². The summed E-state index contributed by atoms with van der Waals surface area (Å²) in [6.45, 7) is 5.70. The van der Waals surface area contributed by atoms with Crippen LogP contribution in [-0.2, 0) is 20.8 Å². The highest BCUT2D eigenvalue weighted by Gasteiger charge is 2.29. The van der Waals surface area contributed by atoms with Crippen LogP contribution >= 0.6 is 0 Å². The summed E-state index contributed by atoms with van der Waals surface area (Å²) in [6, 6.07) is 11.7. The van der Waals surface area contributed by atoms with Gasteiger partial charge in [0.15, 0.2) is 0 Å². The number of amides is 2. The van der Waals surface area contributed by atoms with Gasteiger partial charge >= 0.3 is 0 Å². The number of nitrogens with zero attached hydrogens (tertiary/aromatic N) is 2. The van der Waals surface area contributed by atoms with Gasteiger partial charge in [-0.05, 0) is 37.1 Å². The molecule has 196 valence electrons. The van der Waals surface area contributed by atoms with Crippen LogP contribution in [0.1, 0.15) is 29.8 Å². The Balaban J connectivity index is 1.93. The van der Waals surface area contributed by atoms with Crippen LogP contribution in [0.15, 0.2) is 42.5 Å². The molecule has 0 aromatic heterocycles. The molecule has 1 N–H and O–H groups in total. The van der Waals surface area contributed by atoms with Gasteiger partial charge in [-0.15, -0.1) is 0 Å². The van der Waals surface area contributed by atoms with Gasteiger partial charge in [-0.1, -0.05) is 25.1 Å². The molecule has 8 nitrogen and oxygen atoms in total. The second-order valence-corrected chi connectivity index (χ2v) is 9.31. The maximum Gasteiger partial charge on any atom is 0.257 e. The van der Waals surface area contributed by atoms with Crippen molar-refractivity contribution in [3.8, 4) is 5.75 Å². The molecule has 2 amide bonds. The Labute approximate surface area is 212 Å². The van der Waals surface area contributed by atoms with Crippen LogP contribution in [-0.4, -0.2) is 81.3 Å². The van der Waals surface area contributed by atoms with Gasteiger partial charge in [-0.25, -0.2) is 4.39 Å². The first-order valence-corrected chi connectivity index (χ1v) is 12.0. The number of benzene rings is 2. The average molecular weight is 502 g/mol. The van der Waals surface area contributed by atoms with E-state index in [1.54, 1.807) is 49.4 Å². The molecule has 0 fully saturated rings. The Morgan fingerprint density at radius 2 is 1.92 bits per heavy atom. The van der Waals surface area contributed by atoms with Crippen molar-refractivity contribution in [1.29, 1.82) is 0 Å². The van der Waals surface area contributed by atoms with E-state index in [1.807, 2.05) is 13.0 Å². The minimum absolute atomic E-state index is 0.0537. The average Bonchev–Trinajstić information content (AvgIpc) is 2.85. The number of hydrogen-bond acceptors (Lipinski definition) is 6. The molecular formula is C27H36FN3O5. The second-order valence-electron chi connectivity index (χ2n) is 9.31. The first kappa shape index (κ1) is 27.6. The van der Waals surface area contributed by atoms with Gasteiger partial charge in [0, 0.05) is 58.2 Å². The number of halogens is 1. The number of nitrogens with one attached hydrogen (secondary N) is 1. The molecular weight excluding hydrogens is 465 g/mol. The van der Waals surface area contributed by atoms with Crippen molar-refractivity contribution in [1.82, 2.24) is 9.80 Å². The number of ether oxygens (including phenoxy) is 3. The van der Waals surface area contributed by atoms with E-state index in [0.717, 1.165) is 0 Å². The number of hydrogen-bond donors (Lipinski definition) is 1. The Bertz CT molecular complexity index is 1050. The lowest BCUT2D eigenvalue weighted by atomic mass is 10.0. The molecule has 0 unspecified atom stereocenters. The predicted octanol–water partition coefficient (Wildman–Crippen LogP) is 3.42. The lowest BCUT2D eigenvalue weighted by Gasteiger charge is -2.36. The van der Waals surface area contributed by atoms with Gasteiger partial charge in [0.1, 0.15) is 24.8 Å². The molecule has 9 heteroatoms. The molecule has 2 aromatic rings. The zero-order valence-electron chi connectivity index (χ0n) is 21.6. The number of carbonyl (C=O) groups excluding carboxylic acids is 2. The standard InChI is InChI=1S/C27H36FN3O5/c1-18-13-31(14-20-8-6-7-9-23(20)28)19(2)16-36-24-11-10-21(29-26(32)17-34-4)12-22(24)27(33)30(3)15-25(18)35-5/h6-12,18-19,25H,13-17H2,1-5H3,(H,29,32)/t18-,19-,25+/m0/s1. The van der Waals surface area contributed by atoms with Gasteiger partial charge in [-0.3, -0.25) is 14.5 Å². The van der Waals surface area contributed by atoms with Crippen molar-refractivity contribution < 1.29 is 28.2 Å². The van der Waals surface area contributed by atoms with E-state index in [-0.39, 0.29) is 48.9 Å². The fourth-order valence-corrected chi connectivity index (χ4v) is 4.32. The Morgan fingerprint density at radius 3 is 2.61 bits per heavy atom. The van der Waals surface area contributed by atoms with Gasteiger partial charge in [0.25, 0.3) is 5.91 Å². The summed E-state index contributed by atoms with van der Waals surface area (Å²) < 4.78 is 31.2. The lowest BCUT2D eigenvalue weighted by Crippen LogP contribution is -2.46. The molecule has 3 rings (SSSR count). The SMILES string of the molecule is COCC(=O)Nc1ccc2c(c1)C(=O)N(C)C[C@@H](OC)[C@@H](C)CN(Cc1ccccc1F)[C@@H](C)CO2. The van der Waals surface area contributed by atoms with Crippen LogP contribution in [0.2, 0.25) is 0 Å². The molecule has 0 radical (unpaired) electrons. The molecule has 1 heterocycles. The Kier molecular flexibility index (Phi) is 9.81. The fourth-order valence-electron chi connectivity index (χ4n) is 4.32. The fraction of sp³-hybridized carbons (Fsp3) is 0.481. The highest BCUT2D eigenvalue weighted by Crippen LogP contribution is 2.27. The van der Waals surface area contributed by atoms with E-state index in [1.165, 1.54) is 13.2 Å². The molecule has 2 aromatic carbocycles. The minimum Gasteiger partial charge on any atom is -0.491 e. The van der Waals surface area contributed by atoms with Crippen molar-refractivity contribution >= 4 is 17.5 Å². The number of methoxy groups -OCH3 is 2. The van der Waals surface area contributed by atoms with E-state index >= 15 is 0 Å². The Morgan fingerprint density at radius 1 is 1.17 bits per heavy atom. The molecule has 0 aliphatic carbocycles. The maximum absolute atomic E-state index is 14.5. The van der Waals surface area contributed by atoms with E-state index in [9.17, 15) is 14.0 Å². The molecule has 0 saturated carbocycles. The van der Waals surface area contributed by atoms with Crippen molar-refractivity contribution in [2.75, 3.05) is 52.9 Å². The van der Waals surface area contributed by atoms with E-state index < -0.39 is 0 Å². The number of fused-ring (bicyclic) bond motifs is 1. The number of likely N-dealkylation sites (N-methyl/N-ethyl adjacent to an activating group) is 1. The second kappa shape index (κ2) is 12.8. The van der Waals surface area contributed by atoms with E-state index in [2.05, 4.69) is 17.1 Å². The highest BCUT2D eigenvalue weighted by molar-refractivity contribution is 5.99. The van der Waals surface area contributed by atoms with Crippen molar-refractivity contribution in [2.45, 2.75) is 32.5 Å². The number of anilines is 1. The van der Waals surface area contributed by atoms with Gasteiger partial charge in [-0.2, -0.15) is 0 Å². The normalized spacial score (nSPS) is 21.7. The summed E-state index contributed by atoms with van der Waals surface area (Å²) in [6.07, 6.45) is -0.234. The zero-order valence-corrected chi connectivity index (χ0v) is 21.6. The van der Waals surface area contributed by atoms with Crippen LogP contribution in [0.5, 0.6) is 5.75 Å². The van der Waals surface area contributed by atoms with Crippen molar-refractivity contribution in [2.24, 2.45) is 5.92 Å². The molecule has 3 atom stereocenters. The van der Waals surface area contributed by atoms with Gasteiger partial charge in [0.05, 0.1) is 11.7 Å². The van der Waals surface area contributed by atoms with Crippen LogP contribution in [0.4, 0.5) is 10.1 Å². The quantitative estimate of drug-likeness (QED) is 0.654. The van der Waals surface area contributed by atoms with E-state index in [4.69, 9.17) is 14.2 Å². The summed E-state index contributed by atoms with van der Waals surface area (Å²) >= 11 is 0. The zero-order chi connectivity index (χ0) is 26.2. The molecule has 0 saturated heterocycles. The molecule has 1 aliphatic heterocycles. The third-order valence-corrected chi connectivity index (χ3v) is 6.46. The Hall–Kier alpha value is -3.01. The van der Waals surface area contributed by atoms with Crippen molar-refractivity contribution in [3.63, 3.8) is 0 Å². The molecule has 0 spiro atoms. The number of carbonyl (C=O) groups is 2. The lowest BCUT2D eigenvalue weighted by molar-refractivity contribution is -0.119. The molecule has 1 aliphatic rings. The smallest absolute Gasteiger partial charge is 0.257 e. The summed E-state index contributed by atoms with van der Waals surface area (Å²) in [4.78, 5) is 29.2. The monoisotopic (exact) mass is 501 g/mol. The largest absolute Gasteiger partial charge is 0.491 e. The summed E-state index contributed by atoms with van der Waals surface area (Å²) in [5, 5.41) is 2.73. The van der Waals surface area contributed by atoms with Crippen LogP contribution in [0.25, 0.3) is 0 Å². The number of rotatable bonds is 6. The first-order valence-electron chi connectivity index (χ1n) is 12.0. The minimum atomic E-state index is -0.321. The summed E-state index contributed by atoms with van der Waals surface area (Å²) in [5.41, 5.74) is 1.42. The van der Waals surface area contributed by atoms with Crippen LogP contribution in [0, 0.1) is 11.7 Å². The van der Waals surface area contributed by atoms with Crippen LogP contribution < -0.4 is 10.1 Å². The topological polar surface area (TPSA) is 80.3 Å².